The molecule has 0 saturated heterocycles. The number of rotatable bonds is 3. The zero-order valence-electron chi connectivity index (χ0n) is 9.11. The fourth-order valence-electron chi connectivity index (χ4n) is 1.40. The predicted octanol–water partition coefficient (Wildman–Crippen LogP) is 1.07. The highest BCUT2D eigenvalue weighted by atomic mass is 16.4. The van der Waals surface area contributed by atoms with Crippen molar-refractivity contribution in [3.63, 3.8) is 0 Å². The monoisotopic (exact) mass is 230 g/mol. The van der Waals surface area contributed by atoms with E-state index in [0.29, 0.717) is 5.82 Å². The summed E-state index contributed by atoms with van der Waals surface area (Å²) >= 11 is 0. The first kappa shape index (κ1) is 11.0. The van der Waals surface area contributed by atoms with E-state index in [0.717, 1.165) is 17.3 Å². The molecule has 1 aromatic carbocycles. The summed E-state index contributed by atoms with van der Waals surface area (Å²) < 4.78 is 1.58. The number of aliphatic carboxylic acids is 1. The molecule has 86 valence electrons. The van der Waals surface area contributed by atoms with Crippen molar-refractivity contribution in [1.29, 1.82) is 0 Å². The van der Waals surface area contributed by atoms with Crippen LogP contribution in [0.4, 0.5) is 0 Å². The minimum Gasteiger partial charge on any atom is -0.478 e. The molecule has 17 heavy (non-hydrogen) atoms. The molecule has 0 unspecified atom stereocenters. The summed E-state index contributed by atoms with van der Waals surface area (Å²) in [6, 6.07) is 7.28. The van der Waals surface area contributed by atoms with Gasteiger partial charge in [-0.15, -0.1) is 5.10 Å². The van der Waals surface area contributed by atoms with E-state index < -0.39 is 5.97 Å². The van der Waals surface area contributed by atoms with Crippen LogP contribution in [0.15, 0.2) is 30.3 Å². The summed E-state index contributed by atoms with van der Waals surface area (Å²) in [6.45, 7) is 1.79. The molecule has 0 aliphatic carbocycles. The van der Waals surface area contributed by atoms with E-state index in [1.165, 1.54) is 6.08 Å². The van der Waals surface area contributed by atoms with Crippen LogP contribution in [0.2, 0.25) is 0 Å². The highest BCUT2D eigenvalue weighted by Gasteiger charge is 2.03. The number of carbonyl (C=O) groups is 1. The maximum atomic E-state index is 10.4. The topological polar surface area (TPSA) is 80.9 Å². The molecule has 0 bridgehead atoms. The maximum absolute atomic E-state index is 10.4. The molecule has 0 spiro atoms. The summed E-state index contributed by atoms with van der Waals surface area (Å²) in [5.74, 6) is -0.307. The van der Waals surface area contributed by atoms with Gasteiger partial charge in [0.1, 0.15) is 0 Å². The molecular formula is C11H10N4O2. The number of aryl methyl sites for hydroxylation is 1. The average molecular weight is 230 g/mol. The second-order valence-electron chi connectivity index (χ2n) is 3.40. The van der Waals surface area contributed by atoms with Crippen LogP contribution in [0.3, 0.4) is 0 Å². The van der Waals surface area contributed by atoms with E-state index in [1.54, 1.807) is 11.6 Å². The lowest BCUT2D eigenvalue weighted by Crippen LogP contribution is -1.99. The van der Waals surface area contributed by atoms with Gasteiger partial charge < -0.3 is 5.11 Å². The molecule has 1 heterocycles. The molecule has 0 aliphatic heterocycles. The van der Waals surface area contributed by atoms with Crippen LogP contribution >= 0.6 is 0 Å². The van der Waals surface area contributed by atoms with Gasteiger partial charge in [0.25, 0.3) is 0 Å². The number of benzene rings is 1. The Morgan fingerprint density at radius 1 is 1.47 bits per heavy atom. The molecule has 1 aromatic heterocycles. The molecule has 6 nitrogen and oxygen atoms in total. The van der Waals surface area contributed by atoms with E-state index in [1.807, 2.05) is 24.3 Å². The SMILES string of the molecule is Cc1nnnn1-c1cccc(/C=C/C(=O)O)c1. The second-order valence-corrected chi connectivity index (χ2v) is 3.40. The van der Waals surface area contributed by atoms with Crippen molar-refractivity contribution in [2.45, 2.75) is 6.92 Å². The molecule has 0 atom stereocenters. The molecule has 0 saturated carbocycles. The first-order valence-corrected chi connectivity index (χ1v) is 4.93. The molecule has 0 radical (unpaired) electrons. The van der Waals surface area contributed by atoms with Crippen LogP contribution in [0.1, 0.15) is 11.4 Å². The van der Waals surface area contributed by atoms with E-state index in [9.17, 15) is 4.79 Å². The highest BCUT2D eigenvalue weighted by Crippen LogP contribution is 2.11. The Morgan fingerprint density at radius 2 is 2.29 bits per heavy atom. The van der Waals surface area contributed by atoms with Crippen molar-refractivity contribution in [1.82, 2.24) is 20.2 Å². The predicted molar refractivity (Wildman–Crippen MR) is 60.6 cm³/mol. The largest absolute Gasteiger partial charge is 0.478 e. The van der Waals surface area contributed by atoms with Gasteiger partial charge in [-0.1, -0.05) is 12.1 Å². The van der Waals surface area contributed by atoms with E-state index >= 15 is 0 Å². The van der Waals surface area contributed by atoms with E-state index in [2.05, 4.69) is 15.5 Å². The lowest BCUT2D eigenvalue weighted by Gasteiger charge is -2.02. The third-order valence-corrected chi connectivity index (χ3v) is 2.16. The van der Waals surface area contributed by atoms with Crippen LogP contribution < -0.4 is 0 Å². The molecule has 0 aliphatic rings. The van der Waals surface area contributed by atoms with Gasteiger partial charge >= 0.3 is 5.97 Å². The quantitative estimate of drug-likeness (QED) is 0.797. The van der Waals surface area contributed by atoms with E-state index in [-0.39, 0.29) is 0 Å². The highest BCUT2D eigenvalue weighted by molar-refractivity contribution is 5.85. The summed E-state index contributed by atoms with van der Waals surface area (Å²) in [4.78, 5) is 10.4. The average Bonchev–Trinajstić information content (AvgIpc) is 2.73. The minimum atomic E-state index is -0.978. The molecule has 2 aromatic rings. The van der Waals surface area contributed by atoms with Crippen molar-refractivity contribution in [2.24, 2.45) is 0 Å². The van der Waals surface area contributed by atoms with Crippen LogP contribution in [-0.2, 0) is 4.79 Å². The Morgan fingerprint density at radius 3 is 2.94 bits per heavy atom. The molecule has 0 amide bonds. The first-order chi connectivity index (χ1) is 8.16. The van der Waals surface area contributed by atoms with Crippen molar-refractivity contribution >= 4 is 12.0 Å². The Bertz CT molecular complexity index is 574. The van der Waals surface area contributed by atoms with Gasteiger partial charge in [-0.2, -0.15) is 4.68 Å². The number of hydrogen-bond acceptors (Lipinski definition) is 4. The van der Waals surface area contributed by atoms with Gasteiger partial charge in [0.2, 0.25) is 0 Å². The van der Waals surface area contributed by atoms with Crippen molar-refractivity contribution in [3.05, 3.63) is 41.7 Å². The summed E-state index contributed by atoms with van der Waals surface area (Å²) in [6.07, 6.45) is 2.61. The number of carboxylic acid groups (broad SMARTS) is 1. The summed E-state index contributed by atoms with van der Waals surface area (Å²) in [7, 11) is 0. The molecule has 6 heteroatoms. The van der Waals surface area contributed by atoms with Crippen molar-refractivity contribution < 1.29 is 9.90 Å². The number of carboxylic acids is 1. The normalized spacial score (nSPS) is 10.9. The van der Waals surface area contributed by atoms with Crippen molar-refractivity contribution in [2.75, 3.05) is 0 Å². The van der Waals surface area contributed by atoms with Gasteiger partial charge in [0.05, 0.1) is 5.69 Å². The lowest BCUT2D eigenvalue weighted by atomic mass is 10.2. The first-order valence-electron chi connectivity index (χ1n) is 4.93. The van der Waals surface area contributed by atoms with Gasteiger partial charge in [-0.05, 0) is 41.1 Å². The fraction of sp³-hybridized carbons (Fsp3) is 0.0909. The van der Waals surface area contributed by atoms with Gasteiger partial charge in [0.15, 0.2) is 5.82 Å². The summed E-state index contributed by atoms with van der Waals surface area (Å²) in [5, 5.41) is 19.7. The number of aromatic nitrogens is 4. The Kier molecular flexibility index (Phi) is 2.95. The van der Waals surface area contributed by atoms with Crippen LogP contribution in [0, 0.1) is 6.92 Å². The minimum absolute atomic E-state index is 0.671. The third kappa shape index (κ3) is 2.54. The lowest BCUT2D eigenvalue weighted by molar-refractivity contribution is -0.131. The zero-order valence-corrected chi connectivity index (χ0v) is 9.11. The second kappa shape index (κ2) is 4.56. The Labute approximate surface area is 97.2 Å². The fourth-order valence-corrected chi connectivity index (χ4v) is 1.40. The number of tetrazole rings is 1. The zero-order chi connectivity index (χ0) is 12.3. The van der Waals surface area contributed by atoms with Gasteiger partial charge in [-0.3, -0.25) is 0 Å². The van der Waals surface area contributed by atoms with Crippen LogP contribution in [0.5, 0.6) is 0 Å². The molecule has 0 fully saturated rings. The summed E-state index contributed by atoms with van der Waals surface area (Å²) in [5.41, 5.74) is 1.57. The molecule has 2 rings (SSSR count). The van der Waals surface area contributed by atoms with Crippen molar-refractivity contribution in [3.8, 4) is 5.69 Å². The van der Waals surface area contributed by atoms with Crippen LogP contribution in [-0.4, -0.2) is 31.3 Å². The van der Waals surface area contributed by atoms with Gasteiger partial charge in [-0.25, -0.2) is 4.79 Å². The van der Waals surface area contributed by atoms with E-state index in [4.69, 9.17) is 5.11 Å². The van der Waals surface area contributed by atoms with Gasteiger partial charge in [0, 0.05) is 6.08 Å². The van der Waals surface area contributed by atoms with Crippen LogP contribution in [0.25, 0.3) is 11.8 Å². The standard InChI is InChI=1S/C11H10N4O2/c1-8-12-13-14-15(8)10-4-2-3-9(7-10)5-6-11(16)17/h2-7H,1H3,(H,16,17)/b6-5+. The molecular weight excluding hydrogens is 220 g/mol. The maximum Gasteiger partial charge on any atom is 0.328 e. The molecule has 1 N–H and O–H groups in total. The number of hydrogen-bond donors (Lipinski definition) is 1. The number of nitrogens with zero attached hydrogens (tertiary/aromatic N) is 4. The smallest absolute Gasteiger partial charge is 0.328 e. The Balaban J connectivity index is 2.35. The Hall–Kier alpha value is -2.50. The third-order valence-electron chi connectivity index (χ3n) is 2.16.